The van der Waals surface area contributed by atoms with Crippen molar-refractivity contribution >= 4 is 22.9 Å². The highest BCUT2D eigenvalue weighted by Gasteiger charge is 2.11. The van der Waals surface area contributed by atoms with Gasteiger partial charge >= 0.3 is 0 Å². The Hall–Kier alpha value is -3.40. The van der Waals surface area contributed by atoms with Gasteiger partial charge in [0, 0.05) is 11.1 Å². The number of hydrogen-bond acceptors (Lipinski definition) is 2. The number of nitrogens with one attached hydrogen (secondary N) is 2. The monoisotopic (exact) mass is 313 g/mol. The maximum atomic E-state index is 12.3. The highest BCUT2D eigenvalue weighted by Crippen LogP contribution is 2.28. The smallest absolute Gasteiger partial charge is 0.257 e. The van der Waals surface area contributed by atoms with Crippen molar-refractivity contribution in [3.8, 4) is 11.1 Å². The first kappa shape index (κ1) is 14.2. The van der Waals surface area contributed by atoms with Crippen molar-refractivity contribution in [1.29, 1.82) is 0 Å². The van der Waals surface area contributed by atoms with Crippen LogP contribution in [0.5, 0.6) is 0 Å². The first-order valence-corrected chi connectivity index (χ1v) is 7.72. The standard InChI is InChI=1S/C20H15N3O/c24-19(15-10-5-2-6-11-15)23-20-21-17-13-7-12-16(18(17)22-20)14-8-3-1-4-9-14/h1-13H,(H2,21,22,23,24). The van der Waals surface area contributed by atoms with Crippen molar-refractivity contribution in [3.05, 3.63) is 84.4 Å². The van der Waals surface area contributed by atoms with Gasteiger partial charge in [0.25, 0.3) is 5.91 Å². The number of carbonyl (C=O) groups excluding carboxylic acids is 1. The predicted octanol–water partition coefficient (Wildman–Crippen LogP) is 4.48. The van der Waals surface area contributed by atoms with Crippen LogP contribution >= 0.6 is 0 Å². The number of nitrogens with zero attached hydrogens (tertiary/aromatic N) is 1. The first-order valence-electron chi connectivity index (χ1n) is 7.72. The zero-order valence-corrected chi connectivity index (χ0v) is 12.9. The lowest BCUT2D eigenvalue weighted by atomic mass is 10.0. The van der Waals surface area contributed by atoms with Crippen LogP contribution in [0.25, 0.3) is 22.2 Å². The zero-order chi connectivity index (χ0) is 16.4. The third-order valence-corrected chi connectivity index (χ3v) is 3.87. The zero-order valence-electron chi connectivity index (χ0n) is 12.9. The Morgan fingerprint density at radius 2 is 1.54 bits per heavy atom. The Kier molecular flexibility index (Phi) is 3.56. The average molecular weight is 313 g/mol. The molecule has 4 rings (SSSR count). The lowest BCUT2D eigenvalue weighted by Gasteiger charge is -2.01. The number of aromatic amines is 1. The maximum absolute atomic E-state index is 12.3. The van der Waals surface area contributed by atoms with Crippen LogP contribution in [0.4, 0.5) is 5.95 Å². The number of amides is 1. The van der Waals surface area contributed by atoms with Crippen molar-refractivity contribution in [2.75, 3.05) is 5.32 Å². The topological polar surface area (TPSA) is 57.8 Å². The number of H-pyrrole nitrogens is 1. The van der Waals surface area contributed by atoms with Crippen molar-refractivity contribution in [3.63, 3.8) is 0 Å². The van der Waals surface area contributed by atoms with Gasteiger partial charge in [0.2, 0.25) is 5.95 Å². The van der Waals surface area contributed by atoms with Crippen molar-refractivity contribution in [2.24, 2.45) is 0 Å². The van der Waals surface area contributed by atoms with E-state index in [2.05, 4.69) is 15.3 Å². The van der Waals surface area contributed by atoms with Gasteiger partial charge < -0.3 is 4.98 Å². The van der Waals surface area contributed by atoms with Gasteiger partial charge in [-0.3, -0.25) is 10.1 Å². The summed E-state index contributed by atoms with van der Waals surface area (Å²) < 4.78 is 0. The van der Waals surface area contributed by atoms with Gasteiger partial charge in [-0.15, -0.1) is 0 Å². The number of anilines is 1. The highest BCUT2D eigenvalue weighted by molar-refractivity contribution is 6.04. The Bertz CT molecular complexity index is 991. The second-order valence-electron chi connectivity index (χ2n) is 5.47. The number of imidazole rings is 1. The molecule has 0 aliphatic rings. The minimum absolute atomic E-state index is 0.184. The molecule has 0 atom stereocenters. The molecule has 0 unspecified atom stereocenters. The molecule has 1 heterocycles. The SMILES string of the molecule is O=C(Nc1nc2c(-c3ccccc3)cccc2[nH]1)c1ccccc1. The number of hydrogen-bond donors (Lipinski definition) is 2. The molecule has 0 fully saturated rings. The Balaban J connectivity index is 1.70. The summed E-state index contributed by atoms with van der Waals surface area (Å²) in [5.74, 6) is 0.262. The van der Waals surface area contributed by atoms with Gasteiger partial charge in [0.05, 0.1) is 11.0 Å². The molecule has 0 spiro atoms. The number of aromatic nitrogens is 2. The van der Waals surface area contributed by atoms with E-state index in [1.165, 1.54) is 0 Å². The molecule has 2 N–H and O–H groups in total. The summed E-state index contributed by atoms with van der Waals surface area (Å²) in [5, 5.41) is 2.82. The first-order chi connectivity index (χ1) is 11.8. The molecule has 0 saturated carbocycles. The van der Waals surface area contributed by atoms with E-state index in [4.69, 9.17) is 0 Å². The molecular formula is C20H15N3O. The van der Waals surface area contributed by atoms with Crippen molar-refractivity contribution in [2.45, 2.75) is 0 Å². The Labute approximate surface area is 139 Å². The van der Waals surface area contributed by atoms with Gasteiger partial charge in [-0.05, 0) is 23.8 Å². The van der Waals surface area contributed by atoms with Crippen LogP contribution < -0.4 is 5.32 Å². The molecule has 1 amide bonds. The summed E-state index contributed by atoms with van der Waals surface area (Å²) in [4.78, 5) is 20.0. The number of para-hydroxylation sites is 1. The summed E-state index contributed by atoms with van der Waals surface area (Å²) in [6.45, 7) is 0. The number of fused-ring (bicyclic) bond motifs is 1. The normalized spacial score (nSPS) is 10.7. The largest absolute Gasteiger partial charge is 0.324 e. The third kappa shape index (κ3) is 2.65. The molecule has 3 aromatic carbocycles. The Morgan fingerprint density at radius 3 is 2.29 bits per heavy atom. The van der Waals surface area contributed by atoms with E-state index >= 15 is 0 Å². The van der Waals surface area contributed by atoms with Crippen LogP contribution in [0, 0.1) is 0 Å². The summed E-state index contributed by atoms with van der Waals surface area (Å²) in [6.07, 6.45) is 0. The van der Waals surface area contributed by atoms with E-state index in [-0.39, 0.29) is 5.91 Å². The molecule has 0 aliphatic carbocycles. The summed E-state index contributed by atoms with van der Waals surface area (Å²) in [7, 11) is 0. The fourth-order valence-electron chi connectivity index (χ4n) is 2.71. The van der Waals surface area contributed by atoms with E-state index < -0.39 is 0 Å². The summed E-state index contributed by atoms with van der Waals surface area (Å²) >= 11 is 0. The molecule has 4 heteroatoms. The molecule has 0 radical (unpaired) electrons. The fraction of sp³-hybridized carbons (Fsp3) is 0. The van der Waals surface area contributed by atoms with Gasteiger partial charge in [-0.2, -0.15) is 0 Å². The molecule has 116 valence electrons. The molecule has 0 bridgehead atoms. The number of carbonyl (C=O) groups is 1. The summed E-state index contributed by atoms with van der Waals surface area (Å²) in [5.41, 5.74) is 4.45. The maximum Gasteiger partial charge on any atom is 0.257 e. The quantitative estimate of drug-likeness (QED) is 0.586. The molecule has 4 nitrogen and oxygen atoms in total. The van der Waals surface area contributed by atoms with E-state index in [1.807, 2.05) is 66.7 Å². The van der Waals surface area contributed by atoms with Gasteiger partial charge in [0.15, 0.2) is 0 Å². The van der Waals surface area contributed by atoms with E-state index in [0.717, 1.165) is 22.2 Å². The highest BCUT2D eigenvalue weighted by atomic mass is 16.1. The lowest BCUT2D eigenvalue weighted by Crippen LogP contribution is -2.12. The van der Waals surface area contributed by atoms with Gasteiger partial charge in [-0.1, -0.05) is 60.7 Å². The fourth-order valence-corrected chi connectivity index (χ4v) is 2.71. The van der Waals surface area contributed by atoms with Crippen LogP contribution in [-0.2, 0) is 0 Å². The molecule has 0 saturated heterocycles. The van der Waals surface area contributed by atoms with Crippen LogP contribution in [0.2, 0.25) is 0 Å². The molecular weight excluding hydrogens is 298 g/mol. The van der Waals surface area contributed by atoms with Gasteiger partial charge in [-0.25, -0.2) is 4.98 Å². The number of rotatable bonds is 3. The van der Waals surface area contributed by atoms with Crippen LogP contribution in [-0.4, -0.2) is 15.9 Å². The van der Waals surface area contributed by atoms with Gasteiger partial charge in [0.1, 0.15) is 0 Å². The molecule has 1 aromatic heterocycles. The molecule has 24 heavy (non-hydrogen) atoms. The lowest BCUT2D eigenvalue weighted by molar-refractivity contribution is 0.102. The van der Waals surface area contributed by atoms with Crippen molar-refractivity contribution < 1.29 is 4.79 Å². The van der Waals surface area contributed by atoms with E-state index in [9.17, 15) is 4.79 Å². The van der Waals surface area contributed by atoms with E-state index in [0.29, 0.717) is 11.5 Å². The van der Waals surface area contributed by atoms with Crippen LogP contribution in [0.3, 0.4) is 0 Å². The second kappa shape index (κ2) is 6.01. The van der Waals surface area contributed by atoms with Crippen LogP contribution in [0.15, 0.2) is 78.9 Å². The molecule has 0 aliphatic heterocycles. The van der Waals surface area contributed by atoms with Crippen molar-refractivity contribution in [1.82, 2.24) is 9.97 Å². The Morgan fingerprint density at radius 1 is 0.833 bits per heavy atom. The minimum atomic E-state index is -0.184. The third-order valence-electron chi connectivity index (χ3n) is 3.87. The predicted molar refractivity (Wildman–Crippen MR) is 95.9 cm³/mol. The average Bonchev–Trinajstić information content (AvgIpc) is 3.05. The second-order valence-corrected chi connectivity index (χ2v) is 5.47. The molecule has 4 aromatic rings. The van der Waals surface area contributed by atoms with Crippen LogP contribution in [0.1, 0.15) is 10.4 Å². The number of benzene rings is 3. The summed E-state index contributed by atoms with van der Waals surface area (Å²) in [6, 6.07) is 25.1. The minimum Gasteiger partial charge on any atom is -0.324 e. The van der Waals surface area contributed by atoms with E-state index in [1.54, 1.807) is 12.1 Å².